The van der Waals surface area contributed by atoms with Crippen molar-refractivity contribution in [2.75, 3.05) is 18.4 Å². The van der Waals surface area contributed by atoms with Crippen molar-refractivity contribution in [3.8, 4) is 0 Å². The van der Waals surface area contributed by atoms with Crippen molar-refractivity contribution in [2.24, 2.45) is 17.8 Å². The van der Waals surface area contributed by atoms with E-state index in [1.54, 1.807) is 0 Å². The molecule has 0 radical (unpaired) electrons. The Morgan fingerprint density at radius 1 is 1.19 bits per heavy atom. The molecule has 1 aliphatic carbocycles. The first-order chi connectivity index (χ1) is 9.91. The zero-order chi connectivity index (χ0) is 15.5. The first-order valence-electron chi connectivity index (χ1n) is 7.83. The van der Waals surface area contributed by atoms with Crippen molar-refractivity contribution in [3.05, 3.63) is 0 Å². The van der Waals surface area contributed by atoms with E-state index in [1.165, 1.54) is 0 Å². The molecule has 1 heterocycles. The molecule has 2 aliphatic rings. The number of nitrogens with zero attached hydrogens (tertiary/aromatic N) is 1. The van der Waals surface area contributed by atoms with Gasteiger partial charge in [-0.25, -0.2) is 0 Å². The van der Waals surface area contributed by atoms with Crippen LogP contribution in [0.2, 0.25) is 0 Å². The van der Waals surface area contributed by atoms with Crippen LogP contribution < -0.4 is 0 Å². The number of likely N-dealkylation sites (tertiary alicyclic amines) is 1. The van der Waals surface area contributed by atoms with E-state index < -0.39 is 18.0 Å². The van der Waals surface area contributed by atoms with Gasteiger partial charge in [-0.3, -0.25) is 4.79 Å². The van der Waals surface area contributed by atoms with E-state index in [1.807, 2.05) is 4.90 Å². The van der Waals surface area contributed by atoms with Gasteiger partial charge >= 0.3 is 6.18 Å². The maximum absolute atomic E-state index is 12.9. The SMILES string of the molecule is O=C(C1CCCC(C(F)(F)F)C1)N1CCCC(CCBr)C1. The number of rotatable bonds is 3. The first-order valence-corrected chi connectivity index (χ1v) is 8.95. The zero-order valence-corrected chi connectivity index (χ0v) is 13.8. The van der Waals surface area contributed by atoms with Crippen molar-refractivity contribution >= 4 is 21.8 Å². The number of piperidine rings is 1. The van der Waals surface area contributed by atoms with Crippen LogP contribution in [0.4, 0.5) is 13.2 Å². The van der Waals surface area contributed by atoms with Crippen LogP contribution in [0.25, 0.3) is 0 Å². The van der Waals surface area contributed by atoms with Crippen molar-refractivity contribution in [1.82, 2.24) is 4.90 Å². The van der Waals surface area contributed by atoms with E-state index in [9.17, 15) is 18.0 Å². The highest BCUT2D eigenvalue weighted by molar-refractivity contribution is 9.09. The Kier molecular flexibility index (Phi) is 5.97. The van der Waals surface area contributed by atoms with Gasteiger partial charge < -0.3 is 4.90 Å². The summed E-state index contributed by atoms with van der Waals surface area (Å²) in [6, 6.07) is 0. The molecular formula is C15H23BrF3NO. The van der Waals surface area contributed by atoms with Crippen LogP contribution in [0.3, 0.4) is 0 Å². The predicted octanol–water partition coefficient (Wildman–Crippen LogP) is 4.38. The monoisotopic (exact) mass is 369 g/mol. The molecule has 2 rings (SSSR count). The highest BCUT2D eigenvalue weighted by Crippen LogP contribution is 2.40. The van der Waals surface area contributed by atoms with Crippen LogP contribution in [0, 0.1) is 17.8 Å². The van der Waals surface area contributed by atoms with Gasteiger partial charge in [0.25, 0.3) is 0 Å². The molecule has 0 bridgehead atoms. The van der Waals surface area contributed by atoms with Crippen LogP contribution >= 0.6 is 15.9 Å². The lowest BCUT2D eigenvalue weighted by Gasteiger charge is -2.37. The Bertz CT molecular complexity index is 359. The quantitative estimate of drug-likeness (QED) is 0.676. The van der Waals surface area contributed by atoms with Gasteiger partial charge in [0.2, 0.25) is 5.91 Å². The molecular weight excluding hydrogens is 347 g/mol. The molecule has 2 nitrogen and oxygen atoms in total. The minimum absolute atomic E-state index is 0.0120. The summed E-state index contributed by atoms with van der Waals surface area (Å²) in [5.41, 5.74) is 0. The van der Waals surface area contributed by atoms with Gasteiger partial charge in [-0.05, 0) is 44.4 Å². The largest absolute Gasteiger partial charge is 0.391 e. The van der Waals surface area contributed by atoms with Crippen molar-refractivity contribution in [3.63, 3.8) is 0 Å². The molecule has 0 aromatic heterocycles. The summed E-state index contributed by atoms with van der Waals surface area (Å²) >= 11 is 3.42. The molecule has 122 valence electrons. The fourth-order valence-electron chi connectivity index (χ4n) is 3.62. The average Bonchev–Trinajstić information content (AvgIpc) is 2.46. The third-order valence-electron chi connectivity index (χ3n) is 4.83. The fourth-order valence-corrected chi connectivity index (χ4v) is 4.27. The minimum Gasteiger partial charge on any atom is -0.342 e. The standard InChI is InChI=1S/C15H23BrF3NO/c16-7-6-11-3-2-8-20(10-11)14(21)12-4-1-5-13(9-12)15(17,18)19/h11-13H,1-10H2. The Labute approximate surface area is 132 Å². The Morgan fingerprint density at radius 2 is 1.95 bits per heavy atom. The van der Waals surface area contributed by atoms with Crippen molar-refractivity contribution in [2.45, 2.75) is 51.1 Å². The summed E-state index contributed by atoms with van der Waals surface area (Å²) in [7, 11) is 0. The highest BCUT2D eigenvalue weighted by atomic mass is 79.9. The molecule has 3 atom stereocenters. The van der Waals surface area contributed by atoms with Crippen LogP contribution in [0.5, 0.6) is 0 Å². The van der Waals surface area contributed by atoms with E-state index in [0.717, 1.165) is 31.1 Å². The second-order valence-electron chi connectivity index (χ2n) is 6.37. The molecule has 1 amide bonds. The summed E-state index contributed by atoms with van der Waals surface area (Å²) in [6.45, 7) is 1.43. The van der Waals surface area contributed by atoms with Gasteiger partial charge in [-0.1, -0.05) is 22.4 Å². The summed E-state index contributed by atoms with van der Waals surface area (Å²) < 4.78 is 38.6. The molecule has 0 aromatic rings. The predicted molar refractivity (Wildman–Crippen MR) is 79.2 cm³/mol. The molecule has 2 fully saturated rings. The number of amides is 1. The lowest BCUT2D eigenvalue weighted by Crippen LogP contribution is -2.45. The Balaban J connectivity index is 1.92. The highest BCUT2D eigenvalue weighted by Gasteiger charge is 2.44. The molecule has 0 N–H and O–H groups in total. The number of alkyl halides is 4. The zero-order valence-electron chi connectivity index (χ0n) is 12.2. The molecule has 1 aliphatic heterocycles. The van der Waals surface area contributed by atoms with Crippen LogP contribution in [0.1, 0.15) is 44.9 Å². The Morgan fingerprint density at radius 3 is 2.62 bits per heavy atom. The maximum Gasteiger partial charge on any atom is 0.391 e. The number of carbonyl (C=O) groups is 1. The van der Waals surface area contributed by atoms with Crippen LogP contribution in [0.15, 0.2) is 0 Å². The second kappa shape index (κ2) is 7.34. The molecule has 1 saturated heterocycles. The number of carbonyl (C=O) groups excluding carboxylic acids is 1. The van der Waals surface area contributed by atoms with Gasteiger partial charge in [0.05, 0.1) is 5.92 Å². The molecule has 21 heavy (non-hydrogen) atoms. The van der Waals surface area contributed by atoms with Gasteiger partial charge in [0, 0.05) is 24.3 Å². The van der Waals surface area contributed by atoms with Gasteiger partial charge in [0.15, 0.2) is 0 Å². The van der Waals surface area contributed by atoms with E-state index in [2.05, 4.69) is 15.9 Å². The van der Waals surface area contributed by atoms with Gasteiger partial charge in [-0.15, -0.1) is 0 Å². The van der Waals surface area contributed by atoms with Crippen molar-refractivity contribution < 1.29 is 18.0 Å². The Hall–Kier alpha value is -0.260. The number of halogens is 4. The lowest BCUT2D eigenvalue weighted by molar-refractivity contribution is -0.187. The minimum atomic E-state index is -4.15. The summed E-state index contributed by atoms with van der Waals surface area (Å²) in [5, 5.41) is 0.916. The molecule has 1 saturated carbocycles. The van der Waals surface area contributed by atoms with Crippen LogP contribution in [-0.4, -0.2) is 35.4 Å². The average molecular weight is 370 g/mol. The first kappa shape index (κ1) is 17.1. The molecule has 0 aromatic carbocycles. The smallest absolute Gasteiger partial charge is 0.342 e. The summed E-state index contributed by atoms with van der Waals surface area (Å²) in [6.07, 6.45) is 0.259. The normalized spacial score (nSPS) is 31.2. The third-order valence-corrected chi connectivity index (χ3v) is 5.29. The number of hydrogen-bond donors (Lipinski definition) is 0. The molecule has 3 unspecified atom stereocenters. The fraction of sp³-hybridized carbons (Fsp3) is 0.933. The third kappa shape index (κ3) is 4.60. The lowest BCUT2D eigenvalue weighted by atomic mass is 9.80. The van der Waals surface area contributed by atoms with E-state index in [4.69, 9.17) is 0 Å². The maximum atomic E-state index is 12.9. The van der Waals surface area contributed by atoms with Crippen LogP contribution in [-0.2, 0) is 4.79 Å². The summed E-state index contributed by atoms with van der Waals surface area (Å²) in [5.74, 6) is -1.26. The number of hydrogen-bond acceptors (Lipinski definition) is 1. The van der Waals surface area contributed by atoms with Gasteiger partial charge in [0.1, 0.15) is 0 Å². The molecule has 0 spiro atoms. The van der Waals surface area contributed by atoms with E-state index in [-0.39, 0.29) is 18.7 Å². The topological polar surface area (TPSA) is 20.3 Å². The summed E-state index contributed by atoms with van der Waals surface area (Å²) in [4.78, 5) is 14.3. The van der Waals surface area contributed by atoms with Crippen molar-refractivity contribution in [1.29, 1.82) is 0 Å². The second-order valence-corrected chi connectivity index (χ2v) is 7.17. The van der Waals surface area contributed by atoms with E-state index in [0.29, 0.717) is 25.3 Å². The molecule has 6 heteroatoms. The van der Waals surface area contributed by atoms with E-state index >= 15 is 0 Å². The van der Waals surface area contributed by atoms with Gasteiger partial charge in [-0.2, -0.15) is 13.2 Å².